The number of nitrogens with two attached hydrogens (primary N) is 1. The lowest BCUT2D eigenvalue weighted by Crippen LogP contribution is -2.42. The maximum atomic E-state index is 12.6. The van der Waals surface area contributed by atoms with Gasteiger partial charge in [-0.05, 0) is 12.1 Å². The van der Waals surface area contributed by atoms with Crippen molar-refractivity contribution in [3.05, 3.63) is 30.5 Å². The minimum atomic E-state index is -3.94. The highest BCUT2D eigenvalue weighted by Gasteiger charge is 2.34. The summed E-state index contributed by atoms with van der Waals surface area (Å²) in [5, 5.41) is 8.59. The molecular weight excluding hydrogens is 282 g/mol. The van der Waals surface area contributed by atoms with Crippen LogP contribution in [-0.2, 0) is 14.8 Å². The summed E-state index contributed by atoms with van der Waals surface area (Å²) in [4.78, 5) is 11.5. The number of carbonyl (C=O) groups excluding carboxylic acids is 1. The van der Waals surface area contributed by atoms with Gasteiger partial charge in [-0.15, -0.1) is 0 Å². The van der Waals surface area contributed by atoms with Crippen LogP contribution in [0.2, 0.25) is 0 Å². The number of benzene rings is 1. The number of hydrogen-bond donors (Lipinski definition) is 3. The number of hydrogen-bond acceptors (Lipinski definition) is 5. The first kappa shape index (κ1) is 12.5. The SMILES string of the molecule is Nc1[nH]ncc1S(=O)(=O)N1CC(=O)Nc2ccccc21. The van der Waals surface area contributed by atoms with E-state index >= 15 is 0 Å². The van der Waals surface area contributed by atoms with Crippen LogP contribution in [0.25, 0.3) is 0 Å². The van der Waals surface area contributed by atoms with E-state index in [2.05, 4.69) is 15.5 Å². The van der Waals surface area contributed by atoms with Gasteiger partial charge in [0.15, 0.2) is 0 Å². The second-order valence-electron chi connectivity index (χ2n) is 4.22. The molecule has 1 aliphatic heterocycles. The smallest absolute Gasteiger partial charge is 0.270 e. The van der Waals surface area contributed by atoms with Crippen molar-refractivity contribution in [3.63, 3.8) is 0 Å². The van der Waals surface area contributed by atoms with Gasteiger partial charge in [0.2, 0.25) is 5.91 Å². The summed E-state index contributed by atoms with van der Waals surface area (Å²) in [7, 11) is -3.94. The lowest BCUT2D eigenvalue weighted by molar-refractivity contribution is -0.115. The summed E-state index contributed by atoms with van der Waals surface area (Å²) in [5.41, 5.74) is 6.40. The fourth-order valence-electron chi connectivity index (χ4n) is 2.03. The summed E-state index contributed by atoms with van der Waals surface area (Å²) in [5.74, 6) is -0.470. The molecule has 0 atom stereocenters. The van der Waals surface area contributed by atoms with Gasteiger partial charge < -0.3 is 11.1 Å². The van der Waals surface area contributed by atoms with E-state index in [1.165, 1.54) is 0 Å². The third kappa shape index (κ3) is 1.79. The van der Waals surface area contributed by atoms with Crippen molar-refractivity contribution in [3.8, 4) is 0 Å². The van der Waals surface area contributed by atoms with Crippen molar-refractivity contribution >= 4 is 33.1 Å². The largest absolute Gasteiger partial charge is 0.383 e. The van der Waals surface area contributed by atoms with Gasteiger partial charge in [0, 0.05) is 0 Å². The number of nitrogens with zero attached hydrogens (tertiary/aromatic N) is 2. The molecule has 20 heavy (non-hydrogen) atoms. The zero-order chi connectivity index (χ0) is 14.3. The molecule has 2 heterocycles. The van der Waals surface area contributed by atoms with Gasteiger partial charge in [0.1, 0.15) is 17.3 Å². The summed E-state index contributed by atoms with van der Waals surface area (Å²) in [6.07, 6.45) is 1.12. The van der Waals surface area contributed by atoms with E-state index in [4.69, 9.17) is 5.73 Å². The second kappa shape index (κ2) is 4.23. The summed E-state index contributed by atoms with van der Waals surface area (Å²) < 4.78 is 26.2. The Balaban J connectivity index is 2.16. The van der Waals surface area contributed by atoms with E-state index < -0.39 is 15.9 Å². The van der Waals surface area contributed by atoms with Gasteiger partial charge in [-0.2, -0.15) is 5.10 Å². The zero-order valence-electron chi connectivity index (χ0n) is 10.2. The number of carbonyl (C=O) groups is 1. The Morgan fingerprint density at radius 1 is 1.30 bits per heavy atom. The van der Waals surface area contributed by atoms with E-state index in [-0.39, 0.29) is 17.3 Å². The average molecular weight is 293 g/mol. The minimum Gasteiger partial charge on any atom is -0.383 e. The van der Waals surface area contributed by atoms with Gasteiger partial charge >= 0.3 is 0 Å². The monoisotopic (exact) mass is 293 g/mol. The number of fused-ring (bicyclic) bond motifs is 1. The zero-order valence-corrected chi connectivity index (χ0v) is 11.0. The van der Waals surface area contributed by atoms with Crippen molar-refractivity contribution in [1.82, 2.24) is 10.2 Å². The highest BCUT2D eigenvalue weighted by atomic mass is 32.2. The number of rotatable bonds is 2. The van der Waals surface area contributed by atoms with E-state index in [0.717, 1.165) is 10.5 Å². The Bertz CT molecular complexity index is 783. The first-order valence-electron chi connectivity index (χ1n) is 5.70. The van der Waals surface area contributed by atoms with Gasteiger partial charge in [0.25, 0.3) is 10.0 Å². The summed E-state index contributed by atoms with van der Waals surface area (Å²) in [6, 6.07) is 6.65. The van der Waals surface area contributed by atoms with Crippen LogP contribution in [0.4, 0.5) is 17.2 Å². The third-order valence-electron chi connectivity index (χ3n) is 2.93. The normalized spacial score (nSPS) is 14.8. The molecule has 0 aliphatic carbocycles. The Morgan fingerprint density at radius 3 is 2.75 bits per heavy atom. The van der Waals surface area contributed by atoms with E-state index in [9.17, 15) is 13.2 Å². The van der Waals surface area contributed by atoms with E-state index in [0.29, 0.717) is 11.4 Å². The predicted molar refractivity (Wildman–Crippen MR) is 72.6 cm³/mol. The molecule has 1 aromatic carbocycles. The average Bonchev–Trinajstić information content (AvgIpc) is 2.84. The van der Waals surface area contributed by atoms with Crippen molar-refractivity contribution in [1.29, 1.82) is 0 Å². The molecule has 4 N–H and O–H groups in total. The van der Waals surface area contributed by atoms with Crippen LogP contribution in [0, 0.1) is 0 Å². The van der Waals surface area contributed by atoms with Crippen molar-refractivity contribution in [2.75, 3.05) is 21.9 Å². The molecule has 0 saturated heterocycles. The molecule has 104 valence electrons. The molecule has 0 unspecified atom stereocenters. The van der Waals surface area contributed by atoms with Gasteiger partial charge in [-0.1, -0.05) is 12.1 Å². The van der Waals surface area contributed by atoms with Crippen LogP contribution < -0.4 is 15.4 Å². The van der Waals surface area contributed by atoms with Crippen LogP contribution in [0.1, 0.15) is 0 Å². The molecule has 0 spiro atoms. The molecule has 2 aromatic rings. The molecule has 8 nitrogen and oxygen atoms in total. The number of aromatic amines is 1. The predicted octanol–water partition coefficient (Wildman–Crippen LogP) is 0.139. The number of H-pyrrole nitrogens is 1. The standard InChI is InChI=1S/C11H11N5O3S/c12-11-9(5-13-15-11)20(18,19)16-6-10(17)14-7-3-1-2-4-8(7)16/h1-5H,6H2,(H,14,17)(H3,12,13,15). The minimum absolute atomic E-state index is 0.0616. The van der Waals surface area contributed by atoms with E-state index in [1.807, 2.05) is 0 Å². The lowest BCUT2D eigenvalue weighted by atomic mass is 10.2. The topological polar surface area (TPSA) is 121 Å². The van der Waals surface area contributed by atoms with Crippen LogP contribution in [-0.4, -0.2) is 31.1 Å². The van der Waals surface area contributed by atoms with E-state index in [1.54, 1.807) is 24.3 Å². The fraction of sp³-hybridized carbons (Fsp3) is 0.0909. The second-order valence-corrected chi connectivity index (χ2v) is 6.06. The van der Waals surface area contributed by atoms with Crippen LogP contribution in [0.5, 0.6) is 0 Å². The lowest BCUT2D eigenvalue weighted by Gasteiger charge is -2.29. The molecule has 0 fully saturated rings. The van der Waals surface area contributed by atoms with Crippen LogP contribution >= 0.6 is 0 Å². The Kier molecular flexibility index (Phi) is 2.64. The highest BCUT2D eigenvalue weighted by Crippen LogP contribution is 2.34. The number of sulfonamides is 1. The van der Waals surface area contributed by atoms with Crippen LogP contribution in [0.15, 0.2) is 35.4 Å². The van der Waals surface area contributed by atoms with Gasteiger partial charge in [-0.25, -0.2) is 8.42 Å². The third-order valence-corrected chi connectivity index (χ3v) is 4.72. The van der Waals surface area contributed by atoms with Gasteiger partial charge in [-0.3, -0.25) is 14.2 Å². The molecule has 1 aromatic heterocycles. The Hall–Kier alpha value is -2.55. The molecule has 0 radical (unpaired) electrons. The summed E-state index contributed by atoms with van der Waals surface area (Å²) in [6.45, 7) is -0.302. The fourth-order valence-corrected chi connectivity index (χ4v) is 3.48. The highest BCUT2D eigenvalue weighted by molar-refractivity contribution is 7.93. The molecule has 0 bridgehead atoms. The Labute approximate surface area is 114 Å². The van der Waals surface area contributed by atoms with Crippen LogP contribution in [0.3, 0.4) is 0 Å². The quantitative estimate of drug-likeness (QED) is 0.727. The van der Waals surface area contributed by atoms with Crippen molar-refractivity contribution in [2.45, 2.75) is 4.90 Å². The first-order chi connectivity index (χ1) is 9.50. The first-order valence-corrected chi connectivity index (χ1v) is 7.14. The number of amides is 1. The van der Waals surface area contributed by atoms with Gasteiger partial charge in [0.05, 0.1) is 17.6 Å². The van der Waals surface area contributed by atoms with Crippen molar-refractivity contribution < 1.29 is 13.2 Å². The number of nitrogens with one attached hydrogen (secondary N) is 2. The van der Waals surface area contributed by atoms with Crippen molar-refractivity contribution in [2.24, 2.45) is 0 Å². The number of para-hydroxylation sites is 2. The molecule has 1 amide bonds. The number of anilines is 3. The number of nitrogen functional groups attached to an aromatic ring is 1. The summed E-state index contributed by atoms with van der Waals surface area (Å²) >= 11 is 0. The maximum Gasteiger partial charge on any atom is 0.270 e. The molecular formula is C11H11N5O3S. The maximum absolute atomic E-state index is 12.6. The Morgan fingerprint density at radius 2 is 2.05 bits per heavy atom. The molecule has 1 aliphatic rings. The molecule has 0 saturated carbocycles. The number of aromatic nitrogens is 2. The molecule has 3 rings (SSSR count). The molecule has 9 heteroatoms.